The average molecular weight is 307 g/mol. The molecule has 0 radical (unpaired) electrons. The number of carboxylic acids is 1. The van der Waals surface area contributed by atoms with E-state index in [0.717, 1.165) is 0 Å². The van der Waals surface area contributed by atoms with Crippen molar-refractivity contribution in [2.75, 3.05) is 0 Å². The molecule has 0 fully saturated rings. The standard InChI is InChI=1S/C11H22AsNO4/c1-10(2,3)17-9(16)12-6-11(4,5)7(13)8(14)15/h7,12H,6,13H2,1-5H3,(H,14,15)/t7-/m1/s1. The van der Waals surface area contributed by atoms with E-state index in [-0.39, 0.29) is 4.76 Å². The van der Waals surface area contributed by atoms with Crippen LogP contribution in [-0.4, -0.2) is 43.2 Å². The van der Waals surface area contributed by atoms with Gasteiger partial charge in [0, 0.05) is 0 Å². The van der Waals surface area contributed by atoms with Crippen molar-refractivity contribution < 1.29 is 19.4 Å². The molecule has 5 nitrogen and oxygen atoms in total. The average Bonchev–Trinajstić information content (AvgIpc) is 2.11. The second-order valence-corrected chi connectivity index (χ2v) is 8.00. The molecule has 17 heavy (non-hydrogen) atoms. The summed E-state index contributed by atoms with van der Waals surface area (Å²) in [7, 11) is 0. The van der Waals surface area contributed by atoms with Gasteiger partial charge in [0.15, 0.2) is 0 Å². The molecule has 0 saturated carbocycles. The number of hydrogen-bond donors (Lipinski definition) is 2. The monoisotopic (exact) mass is 307 g/mol. The zero-order valence-corrected chi connectivity index (χ0v) is 13.1. The summed E-state index contributed by atoms with van der Waals surface area (Å²) in [6.07, 6.45) is 0. The number of hydrogen-bond acceptors (Lipinski definition) is 4. The van der Waals surface area contributed by atoms with Gasteiger partial charge >= 0.3 is 109 Å². The van der Waals surface area contributed by atoms with Gasteiger partial charge in [-0.3, -0.25) is 0 Å². The van der Waals surface area contributed by atoms with Crippen LogP contribution in [0.25, 0.3) is 0 Å². The predicted octanol–water partition coefficient (Wildman–Crippen LogP) is 1.21. The quantitative estimate of drug-likeness (QED) is 0.745. The molecule has 0 aromatic carbocycles. The van der Waals surface area contributed by atoms with Gasteiger partial charge in [-0.2, -0.15) is 0 Å². The Morgan fingerprint density at radius 1 is 1.29 bits per heavy atom. The van der Waals surface area contributed by atoms with Crippen molar-refractivity contribution in [1.29, 1.82) is 0 Å². The molecule has 0 aromatic rings. The van der Waals surface area contributed by atoms with E-state index in [9.17, 15) is 9.59 Å². The maximum absolute atomic E-state index is 11.5. The van der Waals surface area contributed by atoms with Crippen LogP contribution in [0.4, 0.5) is 4.79 Å². The van der Waals surface area contributed by atoms with Crippen LogP contribution in [0, 0.1) is 5.41 Å². The van der Waals surface area contributed by atoms with Crippen molar-refractivity contribution in [2.24, 2.45) is 11.1 Å². The van der Waals surface area contributed by atoms with Crippen LogP contribution in [0.15, 0.2) is 0 Å². The van der Waals surface area contributed by atoms with Gasteiger partial charge < -0.3 is 0 Å². The van der Waals surface area contributed by atoms with Crippen LogP contribution < -0.4 is 5.73 Å². The molecule has 0 heterocycles. The summed E-state index contributed by atoms with van der Waals surface area (Å²) < 4.78 is 5.00. The van der Waals surface area contributed by atoms with E-state index in [2.05, 4.69) is 0 Å². The van der Waals surface area contributed by atoms with Gasteiger partial charge in [0.1, 0.15) is 0 Å². The minimum absolute atomic E-state index is 0.205. The second kappa shape index (κ2) is 5.87. The van der Waals surface area contributed by atoms with E-state index < -0.39 is 38.8 Å². The number of nitrogens with two attached hydrogens (primary N) is 1. The third-order valence-electron chi connectivity index (χ3n) is 2.20. The Bertz CT molecular complexity index is 296. The van der Waals surface area contributed by atoms with Crippen molar-refractivity contribution >= 4 is 26.5 Å². The third-order valence-corrected chi connectivity index (χ3v) is 5.30. The van der Waals surface area contributed by atoms with Gasteiger partial charge in [0.2, 0.25) is 0 Å². The number of ether oxygens (including phenoxy) is 1. The Labute approximate surface area is 109 Å². The topological polar surface area (TPSA) is 89.6 Å². The normalized spacial score (nSPS) is 14.9. The van der Waals surface area contributed by atoms with Crippen LogP contribution in [0.3, 0.4) is 0 Å². The van der Waals surface area contributed by atoms with Crippen LogP contribution in [0.5, 0.6) is 0 Å². The van der Waals surface area contributed by atoms with E-state index in [4.69, 9.17) is 15.6 Å². The molecule has 6 heteroatoms. The fourth-order valence-electron chi connectivity index (χ4n) is 1.06. The Morgan fingerprint density at radius 2 is 1.76 bits per heavy atom. The van der Waals surface area contributed by atoms with Crippen molar-refractivity contribution in [3.63, 3.8) is 0 Å². The molecular formula is C11H22AsNO4. The molecule has 0 aromatic heterocycles. The molecule has 0 rings (SSSR count). The first kappa shape index (κ1) is 16.5. The van der Waals surface area contributed by atoms with Gasteiger partial charge in [-0.15, -0.1) is 0 Å². The molecule has 0 aliphatic carbocycles. The summed E-state index contributed by atoms with van der Waals surface area (Å²) >= 11 is -0.998. The van der Waals surface area contributed by atoms with Gasteiger partial charge in [-0.25, -0.2) is 0 Å². The van der Waals surface area contributed by atoms with Gasteiger partial charge in [-0.05, 0) is 0 Å². The SMILES string of the molecule is CC(C)(C)OC(=O)[AsH]CC(C)(C)[C@H](N)C(=O)O. The van der Waals surface area contributed by atoms with Crippen LogP contribution >= 0.6 is 0 Å². The predicted molar refractivity (Wildman–Crippen MR) is 67.6 cm³/mol. The van der Waals surface area contributed by atoms with Gasteiger partial charge in [-0.1, -0.05) is 0 Å². The molecule has 2 atom stereocenters. The molecule has 0 aliphatic heterocycles. The zero-order chi connectivity index (χ0) is 13.9. The number of aliphatic carboxylic acids is 1. The molecule has 1 unspecified atom stereocenters. The second-order valence-electron chi connectivity index (χ2n) is 5.66. The molecular weight excluding hydrogens is 285 g/mol. The minimum atomic E-state index is -1.04. The van der Waals surface area contributed by atoms with E-state index >= 15 is 0 Å². The number of carbonyl (C=O) groups excluding carboxylic acids is 1. The van der Waals surface area contributed by atoms with Gasteiger partial charge in [0.25, 0.3) is 0 Å². The number of carbonyl (C=O) groups is 2. The molecule has 0 aliphatic rings. The summed E-state index contributed by atoms with van der Waals surface area (Å²) in [5.41, 5.74) is 4.51. The van der Waals surface area contributed by atoms with Crippen molar-refractivity contribution in [2.45, 2.75) is 51.5 Å². The fourth-order valence-corrected chi connectivity index (χ4v) is 3.57. The van der Waals surface area contributed by atoms with Crippen molar-refractivity contribution in [3.8, 4) is 0 Å². The maximum atomic E-state index is 11.5. The summed E-state index contributed by atoms with van der Waals surface area (Å²) in [6, 6.07) is -0.950. The van der Waals surface area contributed by atoms with Crippen LogP contribution in [0.2, 0.25) is 5.21 Å². The summed E-state index contributed by atoms with van der Waals surface area (Å²) in [6.45, 7) is 8.96. The Hall–Kier alpha value is -0.542. The Balaban J connectivity index is 4.28. The fraction of sp³-hybridized carbons (Fsp3) is 0.818. The third kappa shape index (κ3) is 6.69. The molecule has 0 saturated heterocycles. The van der Waals surface area contributed by atoms with E-state index in [1.807, 2.05) is 20.8 Å². The number of carboxylic acid groups (broad SMARTS) is 1. The van der Waals surface area contributed by atoms with Crippen molar-refractivity contribution in [3.05, 3.63) is 0 Å². The van der Waals surface area contributed by atoms with Crippen LogP contribution in [-0.2, 0) is 9.53 Å². The summed E-state index contributed by atoms with van der Waals surface area (Å²) in [4.78, 5) is 22.3. The Morgan fingerprint density at radius 3 is 2.12 bits per heavy atom. The molecule has 0 bridgehead atoms. The number of rotatable bonds is 5. The van der Waals surface area contributed by atoms with Crippen molar-refractivity contribution in [1.82, 2.24) is 0 Å². The summed E-state index contributed by atoms with van der Waals surface area (Å²) in [5.74, 6) is -1.04. The molecule has 3 N–H and O–H groups in total. The first-order valence-corrected chi connectivity index (χ1v) is 7.94. The van der Waals surface area contributed by atoms with Gasteiger partial charge in [0.05, 0.1) is 0 Å². The zero-order valence-electron chi connectivity index (χ0n) is 11.0. The first-order valence-electron chi connectivity index (χ1n) is 5.41. The van der Waals surface area contributed by atoms with E-state index in [1.54, 1.807) is 13.8 Å². The summed E-state index contributed by atoms with van der Waals surface area (Å²) in [5, 5.41) is 9.35. The van der Waals surface area contributed by atoms with Crippen LogP contribution in [0.1, 0.15) is 34.6 Å². The van der Waals surface area contributed by atoms with E-state index in [1.165, 1.54) is 0 Å². The molecule has 100 valence electrons. The van der Waals surface area contributed by atoms with E-state index in [0.29, 0.717) is 5.21 Å². The molecule has 0 amide bonds. The first-order chi connectivity index (χ1) is 7.46. The Kier molecular flexibility index (Phi) is 5.69. The molecule has 0 spiro atoms.